The highest BCUT2D eigenvalue weighted by Crippen LogP contribution is 2.23. The zero-order chi connectivity index (χ0) is 15.0. The second kappa shape index (κ2) is 10.3. The lowest BCUT2D eigenvalue weighted by Crippen LogP contribution is -2.30. The van der Waals surface area contributed by atoms with Crippen molar-refractivity contribution >= 4 is 5.97 Å². The van der Waals surface area contributed by atoms with E-state index in [4.69, 9.17) is 9.47 Å². The zero-order valence-corrected chi connectivity index (χ0v) is 12.6. The Hall–Kier alpha value is -1.43. The van der Waals surface area contributed by atoms with E-state index in [1.807, 2.05) is 6.08 Å². The Balaban J connectivity index is 0.00000400. The molecule has 0 aromatic carbocycles. The molecule has 3 N–H and O–H groups in total. The summed E-state index contributed by atoms with van der Waals surface area (Å²) in [5.74, 6) is -0.625. The molecule has 0 radical (unpaired) electrons. The van der Waals surface area contributed by atoms with Crippen LogP contribution in [0, 0.1) is 5.92 Å². The summed E-state index contributed by atoms with van der Waals surface area (Å²) in [6.45, 7) is 7.76. The highest BCUT2D eigenvalue weighted by Gasteiger charge is 2.25. The molecule has 21 heavy (non-hydrogen) atoms. The number of rotatable bonds is 8. The van der Waals surface area contributed by atoms with Crippen LogP contribution in [0.4, 0.5) is 0 Å². The number of hydrogen-bond acceptors (Lipinski definition) is 4. The van der Waals surface area contributed by atoms with Crippen molar-refractivity contribution in [3.8, 4) is 0 Å². The van der Waals surface area contributed by atoms with E-state index in [9.17, 15) is 9.90 Å². The van der Waals surface area contributed by atoms with E-state index < -0.39 is 6.10 Å². The topological polar surface area (TPSA) is 87.3 Å². The molecule has 0 aromatic heterocycles. The van der Waals surface area contributed by atoms with Gasteiger partial charge in [-0.3, -0.25) is 4.79 Å². The normalized spacial score (nSPS) is 22.5. The third-order valence-corrected chi connectivity index (χ3v) is 3.29. The van der Waals surface area contributed by atoms with E-state index >= 15 is 0 Å². The molecule has 0 aromatic rings. The molecular weight excluding hydrogens is 272 g/mol. The summed E-state index contributed by atoms with van der Waals surface area (Å²) >= 11 is 0. The molecule has 0 spiro atoms. The smallest absolute Gasteiger partial charge is 0.313 e. The van der Waals surface area contributed by atoms with E-state index in [0.717, 1.165) is 12.0 Å². The monoisotopic (exact) mass is 298 g/mol. The van der Waals surface area contributed by atoms with Crippen molar-refractivity contribution in [3.05, 3.63) is 37.0 Å². The van der Waals surface area contributed by atoms with Crippen molar-refractivity contribution in [3.63, 3.8) is 0 Å². The summed E-state index contributed by atoms with van der Waals surface area (Å²) < 4.78 is 10.5. The van der Waals surface area contributed by atoms with Gasteiger partial charge in [-0.1, -0.05) is 12.2 Å². The summed E-state index contributed by atoms with van der Waals surface area (Å²) in [6, 6.07) is 0. The molecule has 0 fully saturated rings. The molecular formula is C16H26O5. The predicted molar refractivity (Wildman–Crippen MR) is 81.8 cm³/mol. The molecule has 0 aliphatic heterocycles. The van der Waals surface area contributed by atoms with Gasteiger partial charge in [0.15, 0.2) is 0 Å². The van der Waals surface area contributed by atoms with Crippen LogP contribution in [0.15, 0.2) is 37.0 Å². The number of carbonyl (C=O) groups excluding carboxylic acids is 1. The number of methoxy groups -OCH3 is 1. The SMILES string of the molecule is C=CCCC(C=C)C(=O)O[C@H]1C=C(COC)C[C@H](O)C1.O. The van der Waals surface area contributed by atoms with Gasteiger partial charge in [0.25, 0.3) is 0 Å². The first-order chi connectivity index (χ1) is 9.60. The van der Waals surface area contributed by atoms with Gasteiger partial charge >= 0.3 is 5.97 Å². The predicted octanol–water partition coefficient (Wildman–Crippen LogP) is 1.57. The van der Waals surface area contributed by atoms with E-state index in [0.29, 0.717) is 25.9 Å². The zero-order valence-electron chi connectivity index (χ0n) is 12.6. The van der Waals surface area contributed by atoms with Crippen LogP contribution in [0.3, 0.4) is 0 Å². The number of aliphatic hydroxyl groups excluding tert-OH is 1. The molecule has 1 unspecified atom stereocenters. The minimum Gasteiger partial charge on any atom is -0.458 e. The van der Waals surface area contributed by atoms with Crippen molar-refractivity contribution < 1.29 is 24.9 Å². The fraction of sp³-hybridized carbons (Fsp3) is 0.562. The Morgan fingerprint density at radius 1 is 1.57 bits per heavy atom. The fourth-order valence-electron chi connectivity index (χ4n) is 2.29. The average molecular weight is 298 g/mol. The van der Waals surface area contributed by atoms with Crippen LogP contribution < -0.4 is 0 Å². The van der Waals surface area contributed by atoms with Crippen LogP contribution >= 0.6 is 0 Å². The van der Waals surface area contributed by atoms with Crippen LogP contribution in [-0.2, 0) is 14.3 Å². The Morgan fingerprint density at radius 2 is 2.29 bits per heavy atom. The number of ether oxygens (including phenoxy) is 2. The molecule has 5 nitrogen and oxygen atoms in total. The highest BCUT2D eigenvalue weighted by molar-refractivity contribution is 5.74. The van der Waals surface area contributed by atoms with Crippen LogP contribution in [0.1, 0.15) is 25.7 Å². The summed E-state index contributed by atoms with van der Waals surface area (Å²) in [4.78, 5) is 12.0. The van der Waals surface area contributed by atoms with Gasteiger partial charge < -0.3 is 20.1 Å². The fourth-order valence-corrected chi connectivity index (χ4v) is 2.29. The first-order valence-corrected chi connectivity index (χ1v) is 6.91. The van der Waals surface area contributed by atoms with Gasteiger partial charge in [0.2, 0.25) is 0 Å². The lowest BCUT2D eigenvalue weighted by Gasteiger charge is -2.26. The molecule has 0 heterocycles. The minimum absolute atomic E-state index is 0. The van der Waals surface area contributed by atoms with E-state index in [1.54, 1.807) is 19.3 Å². The van der Waals surface area contributed by atoms with Gasteiger partial charge in [-0.15, -0.1) is 13.2 Å². The standard InChI is InChI=1S/C16H24O4.H2O/c1-4-6-7-13(5-2)16(18)20-15-9-12(11-19-3)8-14(17)10-15;/h4-5,9,13-15,17H,1-2,6-8,10-11H2,3H3;1H2/t13?,14-,15-;/m0./s1. The maximum atomic E-state index is 12.0. The second-order valence-electron chi connectivity index (χ2n) is 5.04. The van der Waals surface area contributed by atoms with E-state index in [-0.39, 0.29) is 23.5 Å². The second-order valence-corrected chi connectivity index (χ2v) is 5.04. The first kappa shape index (κ1) is 19.6. The molecule has 120 valence electrons. The van der Waals surface area contributed by atoms with Crippen LogP contribution in [0.5, 0.6) is 0 Å². The number of aliphatic hydroxyl groups is 1. The lowest BCUT2D eigenvalue weighted by atomic mass is 9.95. The Morgan fingerprint density at radius 3 is 2.86 bits per heavy atom. The van der Waals surface area contributed by atoms with Crippen LogP contribution in [0.2, 0.25) is 0 Å². The summed E-state index contributed by atoms with van der Waals surface area (Å²) in [6.07, 6.45) is 6.77. The van der Waals surface area contributed by atoms with Gasteiger partial charge in [0.1, 0.15) is 6.10 Å². The number of esters is 1. The molecule has 0 saturated carbocycles. The van der Waals surface area contributed by atoms with Gasteiger partial charge in [-0.2, -0.15) is 0 Å². The molecule has 1 aliphatic rings. The van der Waals surface area contributed by atoms with E-state index in [1.165, 1.54) is 0 Å². The van der Waals surface area contributed by atoms with Crippen molar-refractivity contribution in [2.75, 3.05) is 13.7 Å². The maximum absolute atomic E-state index is 12.0. The molecule has 0 saturated heterocycles. The summed E-state index contributed by atoms with van der Waals surface area (Å²) in [5, 5.41) is 9.81. The average Bonchev–Trinajstić information content (AvgIpc) is 2.39. The number of carbonyl (C=O) groups is 1. The number of allylic oxidation sites excluding steroid dienone is 1. The highest BCUT2D eigenvalue weighted by atomic mass is 16.5. The quantitative estimate of drug-likeness (QED) is 0.544. The Labute approximate surface area is 126 Å². The number of hydrogen-bond donors (Lipinski definition) is 1. The molecule has 1 aliphatic carbocycles. The molecule has 0 bridgehead atoms. The third kappa shape index (κ3) is 6.71. The van der Waals surface area contributed by atoms with Crippen LogP contribution in [-0.4, -0.2) is 42.5 Å². The minimum atomic E-state index is -0.488. The molecule has 3 atom stereocenters. The van der Waals surface area contributed by atoms with Gasteiger partial charge in [0.05, 0.1) is 18.6 Å². The third-order valence-electron chi connectivity index (χ3n) is 3.29. The van der Waals surface area contributed by atoms with Crippen molar-refractivity contribution in [1.82, 2.24) is 0 Å². The van der Waals surface area contributed by atoms with Crippen LogP contribution in [0.25, 0.3) is 0 Å². The molecule has 5 heteroatoms. The molecule has 0 amide bonds. The van der Waals surface area contributed by atoms with E-state index in [2.05, 4.69) is 13.2 Å². The summed E-state index contributed by atoms with van der Waals surface area (Å²) in [7, 11) is 1.60. The van der Waals surface area contributed by atoms with Gasteiger partial charge in [-0.05, 0) is 30.9 Å². The maximum Gasteiger partial charge on any atom is 0.313 e. The largest absolute Gasteiger partial charge is 0.458 e. The van der Waals surface area contributed by atoms with Crippen molar-refractivity contribution in [2.45, 2.75) is 37.9 Å². The molecule has 1 rings (SSSR count). The van der Waals surface area contributed by atoms with Crippen molar-refractivity contribution in [2.24, 2.45) is 5.92 Å². The van der Waals surface area contributed by atoms with Gasteiger partial charge in [0, 0.05) is 13.5 Å². The Kier molecular flexibility index (Phi) is 9.62. The Bertz CT molecular complexity index is 375. The van der Waals surface area contributed by atoms with Gasteiger partial charge in [-0.25, -0.2) is 0 Å². The first-order valence-electron chi connectivity index (χ1n) is 6.91. The summed E-state index contributed by atoms with van der Waals surface area (Å²) in [5.41, 5.74) is 0.963. The van der Waals surface area contributed by atoms with Crippen molar-refractivity contribution in [1.29, 1.82) is 0 Å². The lowest BCUT2D eigenvalue weighted by molar-refractivity contribution is -0.151.